The van der Waals surface area contributed by atoms with Crippen LogP contribution in [-0.4, -0.2) is 19.2 Å². The maximum Gasteiger partial charge on any atom is 0.341 e. The van der Waals surface area contributed by atoms with Crippen LogP contribution in [0.3, 0.4) is 0 Å². The maximum absolute atomic E-state index is 14.5. The Kier molecular flexibility index (Phi) is 7.70. The molecule has 36 heavy (non-hydrogen) atoms. The summed E-state index contributed by atoms with van der Waals surface area (Å²) in [5, 5.41) is 5.78. The highest BCUT2D eigenvalue weighted by Gasteiger charge is 2.19. The van der Waals surface area contributed by atoms with Gasteiger partial charge < -0.3 is 14.8 Å². The van der Waals surface area contributed by atoms with Crippen LogP contribution in [0.1, 0.15) is 61.3 Å². The van der Waals surface area contributed by atoms with Crippen molar-refractivity contribution in [3.05, 3.63) is 101 Å². The fraction of sp³-hybridized carbons (Fsp3) is 0.258. The number of nitrogens with one attached hydrogen (secondary N) is 1. The second-order valence-corrected chi connectivity index (χ2v) is 9.32. The van der Waals surface area contributed by atoms with Crippen LogP contribution in [0.2, 0.25) is 0 Å². The lowest BCUT2D eigenvalue weighted by Crippen LogP contribution is -2.22. The average molecular weight is 486 g/mol. The van der Waals surface area contributed by atoms with E-state index in [9.17, 15) is 9.18 Å². The first-order chi connectivity index (χ1) is 17.3. The van der Waals surface area contributed by atoms with Crippen LogP contribution in [0, 0.1) is 5.82 Å². The van der Waals surface area contributed by atoms with Gasteiger partial charge in [0.2, 0.25) is 0 Å². The molecule has 0 bridgehead atoms. The zero-order chi connectivity index (χ0) is 25.8. The first-order valence-electron chi connectivity index (χ1n) is 12.2. The van der Waals surface area contributed by atoms with E-state index in [2.05, 4.69) is 43.4 Å². The quantitative estimate of drug-likeness (QED) is 0.261. The molecule has 0 saturated heterocycles. The summed E-state index contributed by atoms with van der Waals surface area (Å²) in [5.41, 5.74) is 3.86. The molecule has 0 aliphatic rings. The van der Waals surface area contributed by atoms with E-state index in [1.165, 1.54) is 6.07 Å². The van der Waals surface area contributed by atoms with E-state index in [0.29, 0.717) is 0 Å². The predicted octanol–water partition coefficient (Wildman–Crippen LogP) is 7.63. The van der Waals surface area contributed by atoms with Gasteiger partial charge in [-0.1, -0.05) is 42.5 Å². The Morgan fingerprint density at radius 3 is 2.33 bits per heavy atom. The number of halogens is 1. The van der Waals surface area contributed by atoms with E-state index in [1.54, 1.807) is 33.1 Å². The molecule has 0 heterocycles. The molecule has 2 atom stereocenters. The Labute approximate surface area is 212 Å². The van der Waals surface area contributed by atoms with Gasteiger partial charge in [0.15, 0.2) is 0 Å². The predicted molar refractivity (Wildman–Crippen MR) is 143 cm³/mol. The highest BCUT2D eigenvalue weighted by atomic mass is 19.1. The smallest absolute Gasteiger partial charge is 0.341 e. The summed E-state index contributed by atoms with van der Waals surface area (Å²) in [7, 11) is 1.67. The highest BCUT2D eigenvalue weighted by molar-refractivity contribution is 5.99. The zero-order valence-corrected chi connectivity index (χ0v) is 21.3. The number of benzene rings is 4. The lowest BCUT2D eigenvalue weighted by molar-refractivity contribution is 0.0372. The van der Waals surface area contributed by atoms with Gasteiger partial charge in [0.1, 0.15) is 11.6 Å². The van der Waals surface area contributed by atoms with Crippen molar-refractivity contribution in [1.29, 1.82) is 0 Å². The van der Waals surface area contributed by atoms with E-state index in [4.69, 9.17) is 9.47 Å². The Bertz CT molecular complexity index is 1380. The Morgan fingerprint density at radius 2 is 1.58 bits per heavy atom. The Balaban J connectivity index is 1.72. The summed E-state index contributed by atoms with van der Waals surface area (Å²) in [6.07, 6.45) is -0.330. The number of methoxy groups -OCH3 is 1. The minimum atomic E-state index is -0.660. The van der Waals surface area contributed by atoms with E-state index < -0.39 is 11.8 Å². The van der Waals surface area contributed by atoms with Gasteiger partial charge in [0, 0.05) is 12.1 Å². The lowest BCUT2D eigenvalue weighted by atomic mass is 9.92. The van der Waals surface area contributed by atoms with Crippen molar-refractivity contribution in [2.45, 2.75) is 45.9 Å². The third-order valence-electron chi connectivity index (χ3n) is 6.32. The van der Waals surface area contributed by atoms with Gasteiger partial charge in [-0.2, -0.15) is 0 Å². The summed E-state index contributed by atoms with van der Waals surface area (Å²) < 4.78 is 25.2. The highest BCUT2D eigenvalue weighted by Crippen LogP contribution is 2.34. The lowest BCUT2D eigenvalue weighted by Gasteiger charge is -2.22. The second-order valence-electron chi connectivity index (χ2n) is 9.32. The van der Waals surface area contributed by atoms with Crippen LogP contribution < -0.4 is 10.1 Å². The fourth-order valence-corrected chi connectivity index (χ4v) is 4.43. The minimum absolute atomic E-state index is 0.0281. The maximum atomic E-state index is 14.5. The molecule has 4 nitrogen and oxygen atoms in total. The largest absolute Gasteiger partial charge is 0.497 e. The number of esters is 1. The van der Waals surface area contributed by atoms with Crippen LogP contribution >= 0.6 is 0 Å². The molecule has 1 unspecified atom stereocenters. The van der Waals surface area contributed by atoms with Crippen LogP contribution in [0.15, 0.2) is 78.9 Å². The standard InChI is InChI=1S/C31H32FNO3/c1-19(2)36-31(34)29-17-24(13-14-30(29)32)28-18-25(15-23-9-6-7-12-27(23)28)21(4)33-20(3)22-10-8-11-26(16-22)35-5/h6-21,33H,1-5H3/t20-,21?/m1/s1. The van der Waals surface area contributed by atoms with E-state index >= 15 is 0 Å². The summed E-state index contributed by atoms with van der Waals surface area (Å²) in [5.74, 6) is -0.427. The molecule has 0 aliphatic heterocycles. The van der Waals surface area contributed by atoms with Gasteiger partial charge in [-0.05, 0) is 97.1 Å². The SMILES string of the molecule is COc1cccc([C@@H](C)NC(C)c2cc(-c3ccc(F)c(C(=O)OC(C)C)c3)c3ccccc3c2)c1. The second kappa shape index (κ2) is 10.9. The molecular formula is C31H32FNO3. The molecule has 0 aliphatic carbocycles. The molecule has 0 aromatic heterocycles. The van der Waals surface area contributed by atoms with Crippen LogP contribution in [0.5, 0.6) is 5.75 Å². The normalized spacial score (nSPS) is 13.0. The van der Waals surface area contributed by atoms with Crippen molar-refractivity contribution in [2.75, 3.05) is 7.11 Å². The monoisotopic (exact) mass is 485 g/mol. The molecule has 0 amide bonds. The summed E-state index contributed by atoms with van der Waals surface area (Å²) in [4.78, 5) is 12.5. The average Bonchev–Trinajstić information content (AvgIpc) is 2.87. The van der Waals surface area contributed by atoms with E-state index in [0.717, 1.165) is 38.8 Å². The van der Waals surface area contributed by atoms with Gasteiger partial charge in [-0.3, -0.25) is 0 Å². The molecule has 0 fully saturated rings. The molecule has 0 saturated carbocycles. The van der Waals surface area contributed by atoms with Gasteiger partial charge >= 0.3 is 5.97 Å². The van der Waals surface area contributed by atoms with Crippen LogP contribution in [0.25, 0.3) is 21.9 Å². The van der Waals surface area contributed by atoms with Crippen molar-refractivity contribution in [1.82, 2.24) is 5.32 Å². The first kappa shape index (κ1) is 25.4. The summed E-state index contributed by atoms with van der Waals surface area (Å²) >= 11 is 0. The molecule has 0 radical (unpaired) electrons. The van der Waals surface area contributed by atoms with E-state index in [-0.39, 0.29) is 23.8 Å². The number of carbonyl (C=O) groups is 1. The van der Waals surface area contributed by atoms with Gasteiger partial charge in [-0.15, -0.1) is 0 Å². The van der Waals surface area contributed by atoms with Crippen LogP contribution in [0.4, 0.5) is 4.39 Å². The molecule has 186 valence electrons. The third kappa shape index (κ3) is 5.58. The Hall–Kier alpha value is -3.70. The molecule has 4 aromatic rings. The van der Waals surface area contributed by atoms with Crippen molar-refractivity contribution >= 4 is 16.7 Å². The molecule has 5 heteroatoms. The zero-order valence-electron chi connectivity index (χ0n) is 21.3. The van der Waals surface area contributed by atoms with E-state index in [1.807, 2.05) is 36.4 Å². The molecule has 4 aromatic carbocycles. The fourth-order valence-electron chi connectivity index (χ4n) is 4.43. The molecule has 0 spiro atoms. The number of fused-ring (bicyclic) bond motifs is 1. The first-order valence-corrected chi connectivity index (χ1v) is 12.2. The van der Waals surface area contributed by atoms with Gasteiger partial charge in [-0.25, -0.2) is 9.18 Å². The molecular weight excluding hydrogens is 453 g/mol. The molecule has 4 rings (SSSR count). The van der Waals surface area contributed by atoms with Crippen molar-refractivity contribution in [2.24, 2.45) is 0 Å². The number of rotatable bonds is 8. The summed E-state index contributed by atoms with van der Waals surface area (Å²) in [6.45, 7) is 7.75. The number of hydrogen-bond donors (Lipinski definition) is 1. The molecule has 1 N–H and O–H groups in total. The van der Waals surface area contributed by atoms with Crippen molar-refractivity contribution < 1.29 is 18.7 Å². The summed E-state index contributed by atoms with van der Waals surface area (Å²) in [6, 6.07) is 25.2. The third-order valence-corrected chi connectivity index (χ3v) is 6.32. The number of ether oxygens (including phenoxy) is 2. The number of hydrogen-bond acceptors (Lipinski definition) is 4. The van der Waals surface area contributed by atoms with Gasteiger partial charge in [0.05, 0.1) is 18.8 Å². The van der Waals surface area contributed by atoms with Crippen molar-refractivity contribution in [3.63, 3.8) is 0 Å². The number of carbonyl (C=O) groups excluding carboxylic acids is 1. The van der Waals surface area contributed by atoms with Crippen LogP contribution in [-0.2, 0) is 4.74 Å². The minimum Gasteiger partial charge on any atom is -0.497 e. The van der Waals surface area contributed by atoms with Crippen molar-refractivity contribution in [3.8, 4) is 16.9 Å². The van der Waals surface area contributed by atoms with Gasteiger partial charge in [0.25, 0.3) is 0 Å². The topological polar surface area (TPSA) is 47.6 Å². The Morgan fingerprint density at radius 1 is 0.833 bits per heavy atom.